The summed E-state index contributed by atoms with van der Waals surface area (Å²) >= 11 is 0. The van der Waals surface area contributed by atoms with Crippen LogP contribution in [0.15, 0.2) is 73.2 Å². The number of ether oxygens (including phenoxy) is 1. The third kappa shape index (κ3) is 4.51. The first-order valence-electron chi connectivity index (χ1n) is 9.99. The van der Waals surface area contributed by atoms with E-state index in [2.05, 4.69) is 58.5 Å². The van der Waals surface area contributed by atoms with Crippen LogP contribution in [0.2, 0.25) is 0 Å². The molecule has 1 amide bonds. The summed E-state index contributed by atoms with van der Waals surface area (Å²) in [4.78, 5) is 23.0. The van der Waals surface area contributed by atoms with E-state index in [0.29, 0.717) is 31.0 Å². The Kier molecular flexibility index (Phi) is 5.96. The van der Waals surface area contributed by atoms with Gasteiger partial charge in [-0.05, 0) is 24.5 Å². The summed E-state index contributed by atoms with van der Waals surface area (Å²) in [7, 11) is 0. The van der Waals surface area contributed by atoms with Gasteiger partial charge < -0.3 is 9.64 Å². The van der Waals surface area contributed by atoms with E-state index in [-0.39, 0.29) is 17.9 Å². The maximum Gasteiger partial charge on any atom is 0.257 e. The highest BCUT2D eigenvalue weighted by molar-refractivity contribution is 5.95. The van der Waals surface area contributed by atoms with Crippen molar-refractivity contribution in [2.24, 2.45) is 0 Å². The molecule has 5 heteroatoms. The zero-order chi connectivity index (χ0) is 20.1. The molecule has 29 heavy (non-hydrogen) atoms. The van der Waals surface area contributed by atoms with Crippen LogP contribution >= 0.6 is 0 Å². The van der Waals surface area contributed by atoms with E-state index in [1.165, 1.54) is 17.5 Å². The van der Waals surface area contributed by atoms with Crippen molar-refractivity contribution in [3.8, 4) is 0 Å². The Balaban J connectivity index is 1.52. The van der Waals surface area contributed by atoms with Crippen molar-refractivity contribution in [1.29, 1.82) is 0 Å². The van der Waals surface area contributed by atoms with Gasteiger partial charge in [0.25, 0.3) is 5.91 Å². The summed E-state index contributed by atoms with van der Waals surface area (Å²) in [6.45, 7) is 3.54. The van der Waals surface area contributed by atoms with Crippen molar-refractivity contribution in [3.05, 3.63) is 95.6 Å². The number of amides is 1. The van der Waals surface area contributed by atoms with Gasteiger partial charge in [-0.3, -0.25) is 4.79 Å². The molecule has 2 aromatic carbocycles. The standard InChI is InChI=1S/C24H25N3O2/c1-18-23(15-25-17-26-18)24(28)27-12-13-29-21(16-27)14-22(19-8-4-2-5-9-19)20-10-6-3-7-11-20/h2-11,15,17,21-22H,12-14,16H2,1H3. The zero-order valence-electron chi connectivity index (χ0n) is 16.6. The summed E-state index contributed by atoms with van der Waals surface area (Å²) in [6, 6.07) is 21.0. The Labute approximate surface area is 171 Å². The smallest absolute Gasteiger partial charge is 0.257 e. The number of aryl methyl sites for hydroxylation is 1. The lowest BCUT2D eigenvalue weighted by Gasteiger charge is -2.35. The van der Waals surface area contributed by atoms with Crippen molar-refractivity contribution >= 4 is 5.91 Å². The Morgan fingerprint density at radius 2 is 1.76 bits per heavy atom. The fourth-order valence-electron chi connectivity index (χ4n) is 3.92. The minimum absolute atomic E-state index is 0.0210. The molecule has 5 nitrogen and oxygen atoms in total. The van der Waals surface area contributed by atoms with Crippen LogP contribution in [0.5, 0.6) is 0 Å². The van der Waals surface area contributed by atoms with Crippen molar-refractivity contribution in [2.75, 3.05) is 19.7 Å². The molecule has 0 N–H and O–H groups in total. The minimum atomic E-state index is -0.0250. The first-order chi connectivity index (χ1) is 14.2. The van der Waals surface area contributed by atoms with E-state index < -0.39 is 0 Å². The molecule has 1 aliphatic rings. The van der Waals surface area contributed by atoms with Crippen LogP contribution in [0.4, 0.5) is 0 Å². The van der Waals surface area contributed by atoms with E-state index in [1.807, 2.05) is 24.0 Å². The first-order valence-corrected chi connectivity index (χ1v) is 9.99. The van der Waals surface area contributed by atoms with Crippen LogP contribution in [0.1, 0.15) is 39.5 Å². The van der Waals surface area contributed by atoms with E-state index in [0.717, 1.165) is 6.42 Å². The Hall–Kier alpha value is -3.05. The zero-order valence-corrected chi connectivity index (χ0v) is 16.6. The van der Waals surface area contributed by atoms with Gasteiger partial charge in [0.2, 0.25) is 0 Å². The number of nitrogens with zero attached hydrogens (tertiary/aromatic N) is 3. The molecule has 1 aromatic heterocycles. The number of hydrogen-bond acceptors (Lipinski definition) is 4. The van der Waals surface area contributed by atoms with Crippen LogP contribution < -0.4 is 0 Å². The van der Waals surface area contributed by atoms with Crippen molar-refractivity contribution in [2.45, 2.75) is 25.4 Å². The molecule has 0 radical (unpaired) electrons. The number of carbonyl (C=O) groups is 1. The van der Waals surface area contributed by atoms with Crippen LogP contribution in [-0.2, 0) is 4.74 Å². The molecule has 1 aliphatic heterocycles. The molecule has 148 valence electrons. The number of aromatic nitrogens is 2. The highest BCUT2D eigenvalue weighted by Gasteiger charge is 2.29. The number of carbonyl (C=O) groups excluding carboxylic acids is 1. The van der Waals surface area contributed by atoms with Gasteiger partial charge >= 0.3 is 0 Å². The molecule has 2 heterocycles. The molecule has 3 aromatic rings. The predicted molar refractivity (Wildman–Crippen MR) is 112 cm³/mol. The maximum atomic E-state index is 13.0. The van der Waals surface area contributed by atoms with Crippen LogP contribution in [0.25, 0.3) is 0 Å². The third-order valence-corrected chi connectivity index (χ3v) is 5.47. The molecule has 1 saturated heterocycles. The average Bonchev–Trinajstić information content (AvgIpc) is 2.79. The fraction of sp³-hybridized carbons (Fsp3) is 0.292. The average molecular weight is 387 g/mol. The van der Waals surface area contributed by atoms with E-state index in [9.17, 15) is 4.79 Å². The van der Waals surface area contributed by atoms with Crippen LogP contribution in [-0.4, -0.2) is 46.6 Å². The summed E-state index contributed by atoms with van der Waals surface area (Å²) in [5.74, 6) is 0.201. The van der Waals surface area contributed by atoms with Gasteiger partial charge in [-0.2, -0.15) is 0 Å². The molecule has 4 rings (SSSR count). The minimum Gasteiger partial charge on any atom is -0.375 e. The summed E-state index contributed by atoms with van der Waals surface area (Å²) < 4.78 is 6.07. The number of rotatable bonds is 5. The van der Waals surface area contributed by atoms with Crippen molar-refractivity contribution in [1.82, 2.24) is 14.9 Å². The topological polar surface area (TPSA) is 55.3 Å². The number of hydrogen-bond donors (Lipinski definition) is 0. The fourth-order valence-corrected chi connectivity index (χ4v) is 3.92. The molecular weight excluding hydrogens is 362 g/mol. The van der Waals surface area contributed by atoms with Gasteiger partial charge in [-0.1, -0.05) is 60.7 Å². The van der Waals surface area contributed by atoms with Crippen molar-refractivity contribution < 1.29 is 9.53 Å². The second-order valence-electron chi connectivity index (χ2n) is 7.38. The van der Waals surface area contributed by atoms with Gasteiger partial charge in [0.1, 0.15) is 6.33 Å². The number of benzene rings is 2. The lowest BCUT2D eigenvalue weighted by molar-refractivity contribution is -0.0264. The lowest BCUT2D eigenvalue weighted by Crippen LogP contribution is -2.46. The lowest BCUT2D eigenvalue weighted by atomic mass is 9.86. The molecule has 1 fully saturated rings. The van der Waals surface area contributed by atoms with Crippen LogP contribution in [0, 0.1) is 6.92 Å². The Bertz CT molecular complexity index is 907. The van der Waals surface area contributed by atoms with E-state index in [1.54, 1.807) is 6.20 Å². The molecule has 1 atom stereocenters. The quantitative estimate of drug-likeness (QED) is 0.667. The highest BCUT2D eigenvalue weighted by Crippen LogP contribution is 2.31. The van der Waals surface area contributed by atoms with Gasteiger partial charge in [0.05, 0.1) is 24.0 Å². The molecule has 0 saturated carbocycles. The molecule has 0 aliphatic carbocycles. The highest BCUT2D eigenvalue weighted by atomic mass is 16.5. The van der Waals surface area contributed by atoms with Crippen LogP contribution in [0.3, 0.4) is 0 Å². The van der Waals surface area contributed by atoms with Crippen molar-refractivity contribution in [3.63, 3.8) is 0 Å². The second kappa shape index (κ2) is 8.97. The maximum absolute atomic E-state index is 13.0. The number of morpholine rings is 1. The van der Waals surface area contributed by atoms with Gasteiger partial charge in [0.15, 0.2) is 0 Å². The van der Waals surface area contributed by atoms with Gasteiger partial charge in [-0.25, -0.2) is 9.97 Å². The predicted octanol–water partition coefficient (Wildman–Crippen LogP) is 3.85. The largest absolute Gasteiger partial charge is 0.375 e. The normalized spacial score (nSPS) is 16.8. The molecule has 1 unspecified atom stereocenters. The molecular formula is C24H25N3O2. The Morgan fingerprint density at radius 3 is 2.38 bits per heavy atom. The third-order valence-electron chi connectivity index (χ3n) is 5.47. The summed E-state index contributed by atoms with van der Waals surface area (Å²) in [5.41, 5.74) is 3.80. The van der Waals surface area contributed by atoms with E-state index >= 15 is 0 Å². The molecule has 0 spiro atoms. The summed E-state index contributed by atoms with van der Waals surface area (Å²) in [6.07, 6.45) is 3.87. The summed E-state index contributed by atoms with van der Waals surface area (Å²) in [5, 5.41) is 0. The van der Waals surface area contributed by atoms with E-state index in [4.69, 9.17) is 4.74 Å². The monoisotopic (exact) mass is 387 g/mol. The van der Waals surface area contributed by atoms with Gasteiger partial charge in [-0.15, -0.1) is 0 Å². The second-order valence-corrected chi connectivity index (χ2v) is 7.38. The SMILES string of the molecule is Cc1ncncc1C(=O)N1CCOC(CC(c2ccccc2)c2ccccc2)C1. The van der Waals surface area contributed by atoms with Gasteiger partial charge in [0, 0.05) is 25.2 Å². The molecule has 0 bridgehead atoms. The Morgan fingerprint density at radius 1 is 1.10 bits per heavy atom. The first kappa shape index (κ1) is 19.3.